The van der Waals surface area contributed by atoms with Crippen LogP contribution >= 0.6 is 23.5 Å². The van der Waals surface area contributed by atoms with E-state index in [4.69, 9.17) is 18.9 Å². The molecule has 0 bridgehead atoms. The van der Waals surface area contributed by atoms with Gasteiger partial charge in [-0.2, -0.15) is 0 Å². The molecule has 0 saturated heterocycles. The molecule has 3 atom stereocenters. The molecule has 16 heteroatoms. The highest BCUT2D eigenvalue weighted by Gasteiger charge is 2.22. The van der Waals surface area contributed by atoms with Gasteiger partial charge in [-0.15, -0.1) is 0 Å². The number of aliphatic hydroxyl groups is 1. The van der Waals surface area contributed by atoms with Gasteiger partial charge in [-0.25, -0.2) is 0 Å². The minimum Gasteiger partial charge on any atom is -0.462 e. The monoisotopic (exact) mass is 1490 g/mol. The van der Waals surface area contributed by atoms with Gasteiger partial charge in [0.25, 0.3) is 10.5 Å². The van der Waals surface area contributed by atoms with E-state index in [1.165, 1.54) is 216 Å². The second-order valence-corrected chi connectivity index (χ2v) is 32.4. The number of carbonyl (C=O) groups excluding carboxylic acids is 5. The van der Waals surface area contributed by atoms with E-state index in [0.717, 1.165) is 166 Å². The van der Waals surface area contributed by atoms with E-state index < -0.39 is 6.29 Å². The first kappa shape index (κ1) is 101. The minimum atomic E-state index is -0.837. The molecule has 0 radical (unpaired) electrons. The number of amides is 2. The second kappa shape index (κ2) is 77.8. The fourth-order valence-corrected chi connectivity index (χ4v) is 15.3. The van der Waals surface area contributed by atoms with Crippen LogP contribution in [-0.4, -0.2) is 162 Å². The predicted molar refractivity (Wildman–Crippen MR) is 443 cm³/mol. The Kier molecular flexibility index (Phi) is 76.0. The van der Waals surface area contributed by atoms with Gasteiger partial charge in [-0.1, -0.05) is 296 Å². The molecule has 3 unspecified atom stereocenters. The van der Waals surface area contributed by atoms with Crippen molar-refractivity contribution in [2.45, 2.75) is 433 Å². The number of hydrogen-bond donors (Lipinski definition) is 1. The Morgan fingerprint density at radius 1 is 0.340 bits per heavy atom. The van der Waals surface area contributed by atoms with Gasteiger partial charge < -0.3 is 43.7 Å². The van der Waals surface area contributed by atoms with Gasteiger partial charge >= 0.3 is 17.9 Å². The van der Waals surface area contributed by atoms with Crippen molar-refractivity contribution in [3.05, 3.63) is 12.2 Å². The quantitative estimate of drug-likeness (QED) is 0.0202. The molecule has 2 amide bonds. The first-order valence-electron chi connectivity index (χ1n) is 44.0. The van der Waals surface area contributed by atoms with Gasteiger partial charge in [0.15, 0.2) is 6.29 Å². The third-order valence-corrected chi connectivity index (χ3v) is 22.2. The maximum absolute atomic E-state index is 13.8. The molecule has 0 saturated carbocycles. The third kappa shape index (κ3) is 68.6. The SMILES string of the molecule is CCCCCC/C=C\COC(=O)CCCCCN(CCCCCC(=O)OC(CCCCCCC)CCCCCCCCCCCCCCC(CCCCCCC)OC(=O)CCCN(CCCC(O)OC(CCCCCCC)CCCCCCC)C(=O)SCCCN(CC)CC)C(=O)SCCN(C)C. The van der Waals surface area contributed by atoms with Crippen LogP contribution in [0.5, 0.6) is 0 Å². The minimum absolute atomic E-state index is 0.00190. The van der Waals surface area contributed by atoms with E-state index in [-0.39, 0.29) is 46.7 Å². The number of ether oxygens (including phenoxy) is 4. The molecule has 0 rings (SSSR count). The smallest absolute Gasteiger partial charge is 0.306 e. The topological polar surface area (TPSA) is 155 Å². The number of hydrogen-bond acceptors (Lipinski definition) is 14. The zero-order chi connectivity index (χ0) is 75.5. The van der Waals surface area contributed by atoms with Crippen LogP contribution in [0.2, 0.25) is 0 Å². The Hall–Kier alpha value is -2.37. The number of esters is 3. The standard InChI is InChI=1S/C87H168N4O10S2/c1-10-17-22-27-36-43-56-76-98-82(92)66-52-44-54-71-90(87(97)103-78-75-88(8)9)72-55-45-53-67-83(93)99-79(60-46-37-23-18-11-2)64-50-41-34-32-30-28-29-31-33-35-42-51-65-81(63-49-40-26-21-14-5)101-85(95)69-58-74-91(86(96)102-77-59-70-89(15-6)16-7)73-57-68-84(94)100-80(61-47-38-24-19-12-3)62-48-39-25-20-13-4/h43,56,79-81,84,94H,10-42,44-55,57-78H2,1-9H3/b56-43-. The van der Waals surface area contributed by atoms with Crippen molar-refractivity contribution in [1.82, 2.24) is 19.6 Å². The molecule has 0 aliphatic heterocycles. The summed E-state index contributed by atoms with van der Waals surface area (Å²) in [5, 5.41) is 11.3. The lowest BCUT2D eigenvalue weighted by atomic mass is 10.0. The molecule has 14 nitrogen and oxygen atoms in total. The molecule has 1 N–H and O–H groups in total. The van der Waals surface area contributed by atoms with Crippen molar-refractivity contribution in [2.75, 3.05) is 84.6 Å². The Morgan fingerprint density at radius 2 is 0.689 bits per heavy atom. The van der Waals surface area contributed by atoms with Crippen LogP contribution in [0.15, 0.2) is 12.2 Å². The van der Waals surface area contributed by atoms with Gasteiger partial charge in [-0.05, 0) is 162 Å². The molecule has 0 heterocycles. The van der Waals surface area contributed by atoms with Crippen LogP contribution in [0, 0.1) is 0 Å². The third-order valence-electron chi connectivity index (χ3n) is 20.3. The van der Waals surface area contributed by atoms with E-state index in [0.29, 0.717) is 71.3 Å². The maximum atomic E-state index is 13.8. The van der Waals surface area contributed by atoms with E-state index >= 15 is 0 Å². The molecule has 0 spiro atoms. The first-order valence-corrected chi connectivity index (χ1v) is 46.0. The van der Waals surface area contributed by atoms with E-state index in [1.807, 2.05) is 30.0 Å². The lowest BCUT2D eigenvalue weighted by Gasteiger charge is -2.25. The zero-order valence-corrected chi connectivity index (χ0v) is 70.7. The van der Waals surface area contributed by atoms with Crippen molar-refractivity contribution in [3.8, 4) is 0 Å². The lowest BCUT2D eigenvalue weighted by Crippen LogP contribution is -2.32. The summed E-state index contributed by atoms with van der Waals surface area (Å²) in [6.45, 7) is 22.2. The largest absolute Gasteiger partial charge is 0.462 e. The van der Waals surface area contributed by atoms with Crippen molar-refractivity contribution in [3.63, 3.8) is 0 Å². The van der Waals surface area contributed by atoms with Gasteiger partial charge in [0.1, 0.15) is 18.8 Å². The molecule has 0 aromatic rings. The summed E-state index contributed by atoms with van der Waals surface area (Å²) in [6, 6.07) is 0. The highest BCUT2D eigenvalue weighted by atomic mass is 32.2. The summed E-state index contributed by atoms with van der Waals surface area (Å²) >= 11 is 2.78. The fourth-order valence-electron chi connectivity index (χ4n) is 13.5. The molecule has 103 heavy (non-hydrogen) atoms. The molecule has 0 aromatic heterocycles. The van der Waals surface area contributed by atoms with Crippen molar-refractivity contribution in [1.29, 1.82) is 0 Å². The van der Waals surface area contributed by atoms with Gasteiger partial charge in [-0.3, -0.25) is 24.0 Å². The normalized spacial score (nSPS) is 12.7. The van der Waals surface area contributed by atoms with Gasteiger partial charge in [0.05, 0.1) is 6.10 Å². The van der Waals surface area contributed by atoms with Crippen LogP contribution in [0.3, 0.4) is 0 Å². The van der Waals surface area contributed by atoms with E-state index in [9.17, 15) is 29.1 Å². The molecule has 0 fully saturated rings. The van der Waals surface area contributed by atoms with Crippen LogP contribution in [0.1, 0.15) is 408 Å². The highest BCUT2D eigenvalue weighted by molar-refractivity contribution is 8.13. The van der Waals surface area contributed by atoms with Crippen molar-refractivity contribution >= 4 is 51.9 Å². The van der Waals surface area contributed by atoms with E-state index in [1.54, 1.807) is 0 Å². The van der Waals surface area contributed by atoms with Crippen LogP contribution < -0.4 is 0 Å². The molecule has 0 aromatic carbocycles. The summed E-state index contributed by atoms with van der Waals surface area (Å²) < 4.78 is 24.2. The summed E-state index contributed by atoms with van der Waals surface area (Å²) in [5.41, 5.74) is 0. The Balaban J connectivity index is 5.02. The molecule has 0 aliphatic rings. The predicted octanol–water partition coefficient (Wildman–Crippen LogP) is 24.8. The summed E-state index contributed by atoms with van der Waals surface area (Å²) in [5.74, 6) is 1.15. The highest BCUT2D eigenvalue weighted by Crippen LogP contribution is 2.24. The number of carbonyl (C=O) groups is 5. The molecule has 0 aliphatic carbocycles. The Morgan fingerprint density at radius 3 is 1.11 bits per heavy atom. The van der Waals surface area contributed by atoms with Crippen LogP contribution in [-0.2, 0) is 33.3 Å². The number of thioether (sulfide) groups is 2. The fraction of sp³-hybridized carbons (Fsp3) is 0.920. The maximum Gasteiger partial charge on any atom is 0.306 e. The Labute approximate surface area is 645 Å². The summed E-state index contributed by atoms with van der Waals surface area (Å²) in [7, 11) is 4.05. The van der Waals surface area contributed by atoms with Crippen LogP contribution in [0.4, 0.5) is 9.59 Å². The molecular weight excluding hydrogens is 1330 g/mol. The van der Waals surface area contributed by atoms with Gasteiger partial charge in [0.2, 0.25) is 0 Å². The Bertz CT molecular complexity index is 1900. The number of rotatable bonds is 79. The van der Waals surface area contributed by atoms with Gasteiger partial charge in [0, 0.05) is 63.5 Å². The zero-order valence-electron chi connectivity index (χ0n) is 69.1. The second-order valence-electron chi connectivity index (χ2n) is 30.3. The summed E-state index contributed by atoms with van der Waals surface area (Å²) in [4.78, 5) is 74.6. The summed E-state index contributed by atoms with van der Waals surface area (Å²) in [6.07, 6.45) is 62.6. The lowest BCUT2D eigenvalue weighted by molar-refractivity contribution is -0.151. The first-order chi connectivity index (χ1) is 50.3. The number of aliphatic hydroxyl groups excluding tert-OH is 1. The molecular formula is C87H168N4O10S2. The van der Waals surface area contributed by atoms with Crippen molar-refractivity contribution in [2.24, 2.45) is 0 Å². The average molecular weight is 1490 g/mol. The van der Waals surface area contributed by atoms with Crippen molar-refractivity contribution < 1.29 is 48.0 Å². The van der Waals surface area contributed by atoms with Crippen LogP contribution in [0.25, 0.3) is 0 Å². The average Bonchev–Trinajstić information content (AvgIpc) is 0.994. The number of nitrogens with zero attached hydrogens (tertiary/aromatic N) is 4. The van der Waals surface area contributed by atoms with E-state index in [2.05, 4.69) is 64.3 Å². The number of allylic oxidation sites excluding steroid dienone is 1. The number of unbranched alkanes of at least 4 members (excludes halogenated alkanes) is 35. The molecule has 608 valence electrons.